The summed E-state index contributed by atoms with van der Waals surface area (Å²) >= 11 is 1.69. The van der Waals surface area contributed by atoms with E-state index < -0.39 is 0 Å². The molecule has 0 aromatic rings. The van der Waals surface area contributed by atoms with Crippen LogP contribution in [0.4, 0.5) is 0 Å². The third kappa shape index (κ3) is 1.08. The van der Waals surface area contributed by atoms with Gasteiger partial charge in [0.1, 0.15) is 0 Å². The smallest absolute Gasteiger partial charge is 0.232 e. The molecule has 2 rings (SSSR count). The maximum absolute atomic E-state index is 5.27. The van der Waals surface area contributed by atoms with Gasteiger partial charge < -0.3 is 4.74 Å². The van der Waals surface area contributed by atoms with Crippen LogP contribution in [0.15, 0.2) is 23.3 Å². The fraction of sp³-hybridized carbons (Fsp3) is 0.375. The van der Waals surface area contributed by atoms with Gasteiger partial charge in [0.15, 0.2) is 0 Å². The highest BCUT2D eigenvalue weighted by Crippen LogP contribution is 2.39. The predicted molar refractivity (Wildman–Crippen MR) is 43.0 cm³/mol. The highest BCUT2D eigenvalue weighted by atomic mass is 32.2. The van der Waals surface area contributed by atoms with Gasteiger partial charge in [0.05, 0.1) is 6.26 Å². The van der Waals surface area contributed by atoms with Crippen LogP contribution in [0.2, 0.25) is 0 Å². The maximum atomic E-state index is 5.27. The second-order valence-corrected chi connectivity index (χ2v) is 3.30. The third-order valence-corrected chi connectivity index (χ3v) is 2.53. The number of hydrogen-bond acceptors (Lipinski definition) is 2. The van der Waals surface area contributed by atoms with Crippen molar-refractivity contribution in [2.75, 3.05) is 0 Å². The standard InChI is InChI=1S/C8H9OS/c1-2-4-7(3-1)8-9-5-6-10-8/h3,5-6H,1-2,4H2. The SMILES string of the molecule is C1=CS[C](C2=CCCC2)O1. The van der Waals surface area contributed by atoms with Crippen molar-refractivity contribution in [2.45, 2.75) is 19.3 Å². The first kappa shape index (κ1) is 6.35. The molecule has 1 heterocycles. The Morgan fingerprint density at radius 1 is 1.50 bits per heavy atom. The zero-order chi connectivity index (χ0) is 6.81. The van der Waals surface area contributed by atoms with Crippen LogP contribution in [-0.2, 0) is 4.74 Å². The Morgan fingerprint density at radius 2 is 2.50 bits per heavy atom. The molecule has 10 heavy (non-hydrogen) atoms. The van der Waals surface area contributed by atoms with Crippen LogP contribution in [0.3, 0.4) is 0 Å². The van der Waals surface area contributed by atoms with E-state index in [1.165, 1.54) is 24.8 Å². The summed E-state index contributed by atoms with van der Waals surface area (Å²) in [6, 6.07) is 0. The molecule has 2 heteroatoms. The van der Waals surface area contributed by atoms with E-state index in [0.29, 0.717) is 0 Å². The van der Waals surface area contributed by atoms with E-state index in [9.17, 15) is 0 Å². The fourth-order valence-electron chi connectivity index (χ4n) is 1.21. The van der Waals surface area contributed by atoms with Crippen LogP contribution in [0.5, 0.6) is 0 Å². The molecule has 1 aliphatic heterocycles. The molecule has 0 aromatic carbocycles. The summed E-state index contributed by atoms with van der Waals surface area (Å²) in [4.78, 5) is 0. The average molecular weight is 153 g/mol. The van der Waals surface area contributed by atoms with Crippen molar-refractivity contribution >= 4 is 11.8 Å². The number of hydrogen-bond donors (Lipinski definition) is 0. The summed E-state index contributed by atoms with van der Waals surface area (Å²) in [6.07, 6.45) is 7.74. The molecule has 0 atom stereocenters. The average Bonchev–Trinajstić information content (AvgIpc) is 2.59. The summed E-state index contributed by atoms with van der Waals surface area (Å²) in [5.74, 6) is 0. The summed E-state index contributed by atoms with van der Waals surface area (Å²) in [6.45, 7) is 0. The first-order valence-corrected chi connectivity index (χ1v) is 4.39. The van der Waals surface area contributed by atoms with E-state index in [0.717, 1.165) is 5.44 Å². The van der Waals surface area contributed by atoms with Crippen LogP contribution in [0.25, 0.3) is 0 Å². The van der Waals surface area contributed by atoms with Crippen molar-refractivity contribution in [3.8, 4) is 0 Å². The van der Waals surface area contributed by atoms with Crippen LogP contribution in [0, 0.1) is 5.44 Å². The molecule has 1 radical (unpaired) electrons. The minimum atomic E-state index is 1.09. The second-order valence-electron chi connectivity index (χ2n) is 2.42. The van der Waals surface area contributed by atoms with E-state index in [2.05, 4.69) is 6.08 Å². The largest absolute Gasteiger partial charge is 0.474 e. The summed E-state index contributed by atoms with van der Waals surface area (Å²) in [5.41, 5.74) is 2.49. The lowest BCUT2D eigenvalue weighted by molar-refractivity contribution is 0.337. The second kappa shape index (κ2) is 2.70. The van der Waals surface area contributed by atoms with Crippen LogP contribution in [0.1, 0.15) is 19.3 Å². The number of ether oxygens (including phenoxy) is 1. The first-order valence-electron chi connectivity index (χ1n) is 3.51. The van der Waals surface area contributed by atoms with Gasteiger partial charge in [-0.1, -0.05) is 17.8 Å². The topological polar surface area (TPSA) is 9.23 Å². The minimum absolute atomic E-state index is 1.09. The lowest BCUT2D eigenvalue weighted by Gasteiger charge is -2.06. The highest BCUT2D eigenvalue weighted by molar-refractivity contribution is 8.05. The molecule has 0 fully saturated rings. The lowest BCUT2D eigenvalue weighted by Crippen LogP contribution is -1.91. The quantitative estimate of drug-likeness (QED) is 0.573. The van der Waals surface area contributed by atoms with E-state index >= 15 is 0 Å². The van der Waals surface area contributed by atoms with Crippen molar-refractivity contribution in [1.29, 1.82) is 0 Å². The van der Waals surface area contributed by atoms with E-state index in [1.807, 2.05) is 5.41 Å². The molecule has 0 spiro atoms. The highest BCUT2D eigenvalue weighted by Gasteiger charge is 2.21. The number of thioether (sulfide) groups is 1. The lowest BCUT2D eigenvalue weighted by atomic mass is 10.2. The fourth-order valence-corrected chi connectivity index (χ4v) is 1.90. The van der Waals surface area contributed by atoms with Gasteiger partial charge in [-0.25, -0.2) is 0 Å². The van der Waals surface area contributed by atoms with Crippen LogP contribution < -0.4 is 0 Å². The minimum Gasteiger partial charge on any atom is -0.474 e. The Hall–Kier alpha value is -0.370. The number of allylic oxidation sites excluding steroid dienone is 1. The Labute approximate surface area is 65.1 Å². The zero-order valence-electron chi connectivity index (χ0n) is 5.67. The Morgan fingerprint density at radius 3 is 3.10 bits per heavy atom. The third-order valence-electron chi connectivity index (χ3n) is 1.71. The molecule has 0 saturated heterocycles. The van der Waals surface area contributed by atoms with Gasteiger partial charge in [-0.15, -0.1) is 0 Å². The van der Waals surface area contributed by atoms with Crippen molar-refractivity contribution in [3.05, 3.63) is 28.8 Å². The molecule has 1 nitrogen and oxygen atoms in total. The van der Waals surface area contributed by atoms with Gasteiger partial charge in [0.25, 0.3) is 0 Å². The Bertz CT molecular complexity index is 176. The molecule has 0 amide bonds. The molecular weight excluding hydrogens is 144 g/mol. The normalized spacial score (nSPS) is 25.0. The molecule has 0 N–H and O–H groups in total. The van der Waals surface area contributed by atoms with Crippen molar-refractivity contribution in [2.24, 2.45) is 0 Å². The zero-order valence-corrected chi connectivity index (χ0v) is 6.49. The van der Waals surface area contributed by atoms with E-state index in [-0.39, 0.29) is 0 Å². The van der Waals surface area contributed by atoms with E-state index in [1.54, 1.807) is 18.0 Å². The van der Waals surface area contributed by atoms with Crippen LogP contribution in [-0.4, -0.2) is 0 Å². The van der Waals surface area contributed by atoms with Gasteiger partial charge in [0.2, 0.25) is 5.44 Å². The summed E-state index contributed by atoms with van der Waals surface area (Å²) in [7, 11) is 0. The first-order chi connectivity index (χ1) is 4.97. The summed E-state index contributed by atoms with van der Waals surface area (Å²) < 4.78 is 5.27. The Kier molecular flexibility index (Phi) is 1.72. The van der Waals surface area contributed by atoms with E-state index in [4.69, 9.17) is 4.74 Å². The molecule has 2 aliphatic rings. The van der Waals surface area contributed by atoms with Crippen molar-refractivity contribution in [3.63, 3.8) is 0 Å². The summed E-state index contributed by atoms with van der Waals surface area (Å²) in [5, 5.41) is 1.98. The maximum Gasteiger partial charge on any atom is 0.232 e. The predicted octanol–water partition coefficient (Wildman–Crippen LogP) is 2.82. The van der Waals surface area contributed by atoms with Gasteiger partial charge >= 0.3 is 0 Å². The van der Waals surface area contributed by atoms with Gasteiger partial charge in [0, 0.05) is 5.41 Å². The van der Waals surface area contributed by atoms with Crippen LogP contribution >= 0.6 is 11.8 Å². The molecule has 0 bridgehead atoms. The number of rotatable bonds is 1. The molecular formula is C8H9OS. The monoisotopic (exact) mass is 153 g/mol. The van der Waals surface area contributed by atoms with Gasteiger partial charge in [-0.05, 0) is 24.8 Å². The van der Waals surface area contributed by atoms with Gasteiger partial charge in [-0.2, -0.15) is 0 Å². The Balaban J connectivity index is 1.99. The molecule has 0 saturated carbocycles. The molecule has 1 aliphatic carbocycles. The van der Waals surface area contributed by atoms with Crippen molar-refractivity contribution < 1.29 is 4.74 Å². The molecule has 53 valence electrons. The molecule has 0 unspecified atom stereocenters. The van der Waals surface area contributed by atoms with Crippen molar-refractivity contribution in [1.82, 2.24) is 0 Å². The van der Waals surface area contributed by atoms with Gasteiger partial charge in [-0.3, -0.25) is 0 Å². The molecule has 0 aromatic heterocycles.